The SMILES string of the molecule is COc1ccc(CC(=O)c2cc(Cl)cc(Br)c2)cc1OC. The van der Waals surface area contributed by atoms with Crippen molar-refractivity contribution in [3.05, 3.63) is 57.0 Å². The number of carbonyl (C=O) groups excluding carboxylic acids is 1. The molecule has 0 unspecified atom stereocenters. The summed E-state index contributed by atoms with van der Waals surface area (Å²) < 4.78 is 11.2. The minimum atomic E-state index is -0.00887. The fourth-order valence-corrected chi connectivity index (χ4v) is 2.85. The van der Waals surface area contributed by atoms with E-state index in [1.165, 1.54) is 0 Å². The van der Waals surface area contributed by atoms with Crippen molar-refractivity contribution in [2.75, 3.05) is 14.2 Å². The maximum Gasteiger partial charge on any atom is 0.167 e. The van der Waals surface area contributed by atoms with Crippen molar-refractivity contribution in [2.45, 2.75) is 6.42 Å². The molecule has 5 heteroatoms. The first-order valence-electron chi connectivity index (χ1n) is 6.23. The highest BCUT2D eigenvalue weighted by Crippen LogP contribution is 2.28. The third kappa shape index (κ3) is 3.99. The van der Waals surface area contributed by atoms with Crippen LogP contribution in [0.15, 0.2) is 40.9 Å². The van der Waals surface area contributed by atoms with E-state index in [9.17, 15) is 4.79 Å². The van der Waals surface area contributed by atoms with Gasteiger partial charge >= 0.3 is 0 Å². The summed E-state index contributed by atoms with van der Waals surface area (Å²) in [6.07, 6.45) is 0.271. The van der Waals surface area contributed by atoms with E-state index in [1.54, 1.807) is 44.6 Å². The average Bonchev–Trinajstić information content (AvgIpc) is 2.46. The topological polar surface area (TPSA) is 35.5 Å². The van der Waals surface area contributed by atoms with E-state index < -0.39 is 0 Å². The summed E-state index contributed by atoms with van der Waals surface area (Å²) in [6.45, 7) is 0. The number of halogens is 2. The molecule has 0 fully saturated rings. The zero-order chi connectivity index (χ0) is 15.4. The van der Waals surface area contributed by atoms with Gasteiger partial charge in [0.25, 0.3) is 0 Å². The molecule has 0 aliphatic rings. The molecule has 2 aromatic rings. The van der Waals surface area contributed by atoms with Crippen LogP contribution in [-0.4, -0.2) is 20.0 Å². The Morgan fingerprint density at radius 3 is 2.43 bits per heavy atom. The van der Waals surface area contributed by atoms with Crippen LogP contribution >= 0.6 is 27.5 Å². The Balaban J connectivity index is 2.23. The second kappa shape index (κ2) is 6.96. The van der Waals surface area contributed by atoms with Crippen LogP contribution in [0.1, 0.15) is 15.9 Å². The Kier molecular flexibility index (Phi) is 5.26. The van der Waals surface area contributed by atoms with E-state index >= 15 is 0 Å². The first-order chi connectivity index (χ1) is 10.0. The molecule has 110 valence electrons. The van der Waals surface area contributed by atoms with Crippen LogP contribution in [0, 0.1) is 0 Å². The monoisotopic (exact) mass is 368 g/mol. The fraction of sp³-hybridized carbons (Fsp3) is 0.188. The minimum Gasteiger partial charge on any atom is -0.493 e. The molecule has 0 saturated carbocycles. The Morgan fingerprint density at radius 2 is 1.81 bits per heavy atom. The Morgan fingerprint density at radius 1 is 1.10 bits per heavy atom. The summed E-state index contributed by atoms with van der Waals surface area (Å²) >= 11 is 9.30. The molecule has 0 aliphatic carbocycles. The largest absolute Gasteiger partial charge is 0.493 e. The lowest BCUT2D eigenvalue weighted by Gasteiger charge is -2.09. The van der Waals surface area contributed by atoms with Gasteiger partial charge in [-0.2, -0.15) is 0 Å². The standard InChI is InChI=1S/C16H14BrClO3/c1-20-15-4-3-10(6-16(15)21-2)5-14(19)11-7-12(17)9-13(18)8-11/h3-4,6-9H,5H2,1-2H3. The highest BCUT2D eigenvalue weighted by atomic mass is 79.9. The van der Waals surface area contributed by atoms with Crippen LogP contribution < -0.4 is 9.47 Å². The van der Waals surface area contributed by atoms with Gasteiger partial charge in [-0.05, 0) is 35.9 Å². The molecule has 2 aromatic carbocycles. The molecule has 0 aliphatic heterocycles. The lowest BCUT2D eigenvalue weighted by molar-refractivity contribution is 0.0993. The Labute approximate surface area is 137 Å². The maximum atomic E-state index is 12.3. The molecule has 21 heavy (non-hydrogen) atoms. The van der Waals surface area contributed by atoms with Crippen molar-refractivity contribution in [2.24, 2.45) is 0 Å². The molecule has 0 aromatic heterocycles. The number of benzene rings is 2. The molecule has 0 heterocycles. The van der Waals surface area contributed by atoms with Crippen molar-refractivity contribution in [1.29, 1.82) is 0 Å². The molecule has 0 radical (unpaired) electrons. The van der Waals surface area contributed by atoms with Gasteiger partial charge in [0, 0.05) is 21.5 Å². The summed E-state index contributed by atoms with van der Waals surface area (Å²) in [4.78, 5) is 12.3. The third-order valence-electron chi connectivity index (χ3n) is 3.00. The van der Waals surface area contributed by atoms with Gasteiger partial charge in [-0.3, -0.25) is 4.79 Å². The highest BCUT2D eigenvalue weighted by molar-refractivity contribution is 9.10. The summed E-state index contributed by atoms with van der Waals surface area (Å²) in [5.41, 5.74) is 1.43. The van der Waals surface area contributed by atoms with Gasteiger partial charge in [0.2, 0.25) is 0 Å². The number of ether oxygens (including phenoxy) is 2. The lowest BCUT2D eigenvalue weighted by Crippen LogP contribution is -2.04. The number of hydrogen-bond acceptors (Lipinski definition) is 3. The summed E-state index contributed by atoms with van der Waals surface area (Å²) in [6, 6.07) is 10.6. The second-order valence-electron chi connectivity index (χ2n) is 4.45. The summed E-state index contributed by atoms with van der Waals surface area (Å²) in [5, 5.41) is 0.528. The molecule has 0 N–H and O–H groups in total. The molecule has 3 nitrogen and oxygen atoms in total. The molecule has 2 rings (SSSR count). The molecule has 0 amide bonds. The van der Waals surface area contributed by atoms with Gasteiger partial charge in [0.05, 0.1) is 14.2 Å². The predicted molar refractivity (Wildman–Crippen MR) is 86.7 cm³/mol. The molecule has 0 atom stereocenters. The first kappa shape index (κ1) is 15.9. The molecule has 0 bridgehead atoms. The Bertz CT molecular complexity index is 650. The fourth-order valence-electron chi connectivity index (χ4n) is 1.99. The first-order valence-corrected chi connectivity index (χ1v) is 7.40. The van der Waals surface area contributed by atoms with Crippen LogP contribution in [0.5, 0.6) is 11.5 Å². The van der Waals surface area contributed by atoms with E-state index in [-0.39, 0.29) is 12.2 Å². The van der Waals surface area contributed by atoms with E-state index in [0.29, 0.717) is 22.1 Å². The maximum absolute atomic E-state index is 12.3. The van der Waals surface area contributed by atoms with Crippen molar-refractivity contribution >= 4 is 33.3 Å². The zero-order valence-electron chi connectivity index (χ0n) is 11.7. The number of hydrogen-bond donors (Lipinski definition) is 0. The van der Waals surface area contributed by atoms with Crippen LogP contribution in [-0.2, 0) is 6.42 Å². The molecular weight excluding hydrogens is 356 g/mol. The van der Waals surface area contributed by atoms with Crippen molar-refractivity contribution in [1.82, 2.24) is 0 Å². The van der Waals surface area contributed by atoms with Gasteiger partial charge in [0.1, 0.15) is 0 Å². The summed E-state index contributed by atoms with van der Waals surface area (Å²) in [5.74, 6) is 1.24. The number of methoxy groups -OCH3 is 2. The average molecular weight is 370 g/mol. The van der Waals surface area contributed by atoms with Gasteiger partial charge in [-0.1, -0.05) is 33.6 Å². The number of rotatable bonds is 5. The normalized spacial score (nSPS) is 10.3. The number of ketones is 1. The van der Waals surface area contributed by atoms with E-state index in [0.717, 1.165) is 10.0 Å². The van der Waals surface area contributed by atoms with Crippen LogP contribution in [0.4, 0.5) is 0 Å². The zero-order valence-corrected chi connectivity index (χ0v) is 14.0. The minimum absolute atomic E-state index is 0.00887. The molecule has 0 saturated heterocycles. The van der Waals surface area contributed by atoms with Crippen LogP contribution in [0.2, 0.25) is 5.02 Å². The van der Waals surface area contributed by atoms with E-state index in [4.69, 9.17) is 21.1 Å². The van der Waals surface area contributed by atoms with Crippen molar-refractivity contribution in [3.63, 3.8) is 0 Å². The smallest absolute Gasteiger partial charge is 0.167 e. The van der Waals surface area contributed by atoms with Gasteiger partial charge in [-0.15, -0.1) is 0 Å². The highest BCUT2D eigenvalue weighted by Gasteiger charge is 2.11. The Hall–Kier alpha value is -1.52. The van der Waals surface area contributed by atoms with E-state index in [2.05, 4.69) is 15.9 Å². The quantitative estimate of drug-likeness (QED) is 0.726. The van der Waals surface area contributed by atoms with E-state index in [1.807, 2.05) is 6.07 Å². The molecular formula is C16H14BrClO3. The van der Waals surface area contributed by atoms with Crippen molar-refractivity contribution in [3.8, 4) is 11.5 Å². The predicted octanol–water partition coefficient (Wildman–Crippen LogP) is 4.55. The van der Waals surface area contributed by atoms with Gasteiger partial charge in [-0.25, -0.2) is 0 Å². The summed E-state index contributed by atoms with van der Waals surface area (Å²) in [7, 11) is 3.14. The lowest BCUT2D eigenvalue weighted by atomic mass is 10.0. The second-order valence-corrected chi connectivity index (χ2v) is 5.80. The third-order valence-corrected chi connectivity index (χ3v) is 3.67. The van der Waals surface area contributed by atoms with Crippen LogP contribution in [0.3, 0.4) is 0 Å². The van der Waals surface area contributed by atoms with Crippen molar-refractivity contribution < 1.29 is 14.3 Å². The number of Topliss-reactive ketones (excluding diaryl/α,β-unsaturated/α-hetero) is 1. The number of carbonyl (C=O) groups is 1. The van der Waals surface area contributed by atoms with Gasteiger partial charge in [0.15, 0.2) is 17.3 Å². The van der Waals surface area contributed by atoms with Crippen LogP contribution in [0.25, 0.3) is 0 Å². The van der Waals surface area contributed by atoms with Gasteiger partial charge < -0.3 is 9.47 Å². The molecule has 0 spiro atoms.